The van der Waals surface area contributed by atoms with Crippen molar-refractivity contribution < 1.29 is 23.8 Å². The lowest BCUT2D eigenvalue weighted by molar-refractivity contribution is 0.0613. The highest BCUT2D eigenvalue weighted by Crippen LogP contribution is 2.43. The monoisotopic (exact) mass is 281 g/mol. The van der Waals surface area contributed by atoms with Crippen LogP contribution in [0.15, 0.2) is 16.5 Å². The lowest BCUT2D eigenvalue weighted by Gasteiger charge is -2.42. The molecule has 110 valence electrons. The molecule has 0 aliphatic heterocycles. The number of carboxylic acid groups (broad SMARTS) is 1. The second kappa shape index (κ2) is 6.09. The van der Waals surface area contributed by atoms with E-state index in [0.29, 0.717) is 13.2 Å². The molecule has 6 heteroatoms. The van der Waals surface area contributed by atoms with Crippen molar-refractivity contribution in [1.29, 1.82) is 0 Å². The topological polar surface area (TPSA) is 88.8 Å². The molecule has 6 nitrogen and oxygen atoms in total. The second-order valence-corrected chi connectivity index (χ2v) is 5.25. The number of aromatic carboxylic acids is 1. The fourth-order valence-corrected chi connectivity index (χ4v) is 2.44. The van der Waals surface area contributed by atoms with Gasteiger partial charge in [0.2, 0.25) is 5.76 Å². The van der Waals surface area contributed by atoms with Crippen LogP contribution in [0, 0.1) is 5.41 Å². The molecule has 2 N–H and O–H groups in total. The summed E-state index contributed by atoms with van der Waals surface area (Å²) in [5.74, 6) is -1.75. The van der Waals surface area contributed by atoms with Gasteiger partial charge in [-0.1, -0.05) is 6.42 Å². The van der Waals surface area contributed by atoms with Gasteiger partial charge in [0.15, 0.2) is 5.76 Å². The van der Waals surface area contributed by atoms with Gasteiger partial charge in [-0.25, -0.2) is 4.79 Å². The summed E-state index contributed by atoms with van der Waals surface area (Å²) in [5, 5.41) is 11.6. The summed E-state index contributed by atoms with van der Waals surface area (Å²) >= 11 is 0. The van der Waals surface area contributed by atoms with Crippen LogP contribution in [0.25, 0.3) is 0 Å². The molecule has 0 radical (unpaired) electrons. The molecular weight excluding hydrogens is 262 g/mol. The van der Waals surface area contributed by atoms with Gasteiger partial charge < -0.3 is 19.6 Å². The first-order chi connectivity index (χ1) is 9.56. The van der Waals surface area contributed by atoms with Gasteiger partial charge in [-0.3, -0.25) is 4.79 Å². The minimum atomic E-state index is -1.18. The minimum absolute atomic E-state index is 0.0311. The number of rotatable bonds is 7. The quantitative estimate of drug-likeness (QED) is 0.797. The predicted molar refractivity (Wildman–Crippen MR) is 70.8 cm³/mol. The maximum atomic E-state index is 11.9. The maximum Gasteiger partial charge on any atom is 0.371 e. The number of carboxylic acids is 1. The van der Waals surface area contributed by atoms with Crippen LogP contribution in [-0.4, -0.2) is 37.2 Å². The van der Waals surface area contributed by atoms with Crippen LogP contribution >= 0.6 is 0 Å². The van der Waals surface area contributed by atoms with E-state index in [0.717, 1.165) is 19.3 Å². The zero-order valence-electron chi connectivity index (χ0n) is 11.5. The fourth-order valence-electron chi connectivity index (χ4n) is 2.44. The summed E-state index contributed by atoms with van der Waals surface area (Å²) in [4.78, 5) is 22.6. The summed E-state index contributed by atoms with van der Waals surface area (Å²) < 4.78 is 10.1. The van der Waals surface area contributed by atoms with Gasteiger partial charge in [-0.05, 0) is 36.8 Å². The number of furan rings is 1. The molecule has 1 aliphatic rings. The Hall–Kier alpha value is -1.82. The third kappa shape index (κ3) is 3.19. The zero-order chi connectivity index (χ0) is 14.6. The molecule has 0 bridgehead atoms. The number of nitrogens with one attached hydrogen (secondary N) is 1. The molecule has 0 aromatic carbocycles. The van der Waals surface area contributed by atoms with E-state index in [1.807, 2.05) is 0 Å². The first-order valence-electron chi connectivity index (χ1n) is 6.67. The molecular formula is C14H19NO5. The SMILES string of the molecule is COCCC1(CNC(=O)c2ccc(C(=O)O)o2)CCC1. The summed E-state index contributed by atoms with van der Waals surface area (Å²) in [5.41, 5.74) is 0.119. The Bertz CT molecular complexity index is 490. The van der Waals surface area contributed by atoms with E-state index in [-0.39, 0.29) is 22.8 Å². The lowest BCUT2D eigenvalue weighted by atomic mass is 9.67. The smallest absolute Gasteiger partial charge is 0.371 e. The van der Waals surface area contributed by atoms with Crippen LogP contribution in [-0.2, 0) is 4.74 Å². The number of methoxy groups -OCH3 is 1. The van der Waals surface area contributed by atoms with Crippen molar-refractivity contribution in [3.05, 3.63) is 23.7 Å². The van der Waals surface area contributed by atoms with Crippen LogP contribution in [0.1, 0.15) is 46.8 Å². The first-order valence-corrected chi connectivity index (χ1v) is 6.67. The van der Waals surface area contributed by atoms with Crippen molar-refractivity contribution in [1.82, 2.24) is 5.32 Å². The largest absolute Gasteiger partial charge is 0.475 e. The highest BCUT2D eigenvalue weighted by molar-refractivity contribution is 5.93. The van der Waals surface area contributed by atoms with Gasteiger partial charge in [-0.2, -0.15) is 0 Å². The third-order valence-electron chi connectivity index (χ3n) is 3.92. The molecule has 0 atom stereocenters. The summed E-state index contributed by atoms with van der Waals surface area (Å²) in [7, 11) is 1.67. The predicted octanol–water partition coefficient (Wildman–Crippen LogP) is 1.91. The summed E-state index contributed by atoms with van der Waals surface area (Å²) in [6, 6.07) is 2.66. The molecule has 1 saturated carbocycles. The molecule has 0 unspecified atom stereocenters. The lowest BCUT2D eigenvalue weighted by Crippen LogP contribution is -2.42. The standard InChI is InChI=1S/C14H19NO5/c1-19-8-7-14(5-2-6-14)9-15-12(16)10-3-4-11(20-10)13(17)18/h3-4H,2,5-9H2,1H3,(H,15,16)(H,17,18). The average Bonchev–Trinajstić information content (AvgIpc) is 2.86. The minimum Gasteiger partial charge on any atom is -0.475 e. The molecule has 2 rings (SSSR count). The normalized spacial score (nSPS) is 16.4. The van der Waals surface area contributed by atoms with Gasteiger partial charge in [-0.15, -0.1) is 0 Å². The Morgan fingerprint density at radius 3 is 2.60 bits per heavy atom. The fraction of sp³-hybridized carbons (Fsp3) is 0.571. The van der Waals surface area contributed by atoms with E-state index in [9.17, 15) is 9.59 Å². The van der Waals surface area contributed by atoms with Crippen LogP contribution in [0.4, 0.5) is 0 Å². The van der Waals surface area contributed by atoms with Crippen molar-refractivity contribution in [2.24, 2.45) is 5.41 Å². The molecule has 0 saturated heterocycles. The summed E-state index contributed by atoms with van der Waals surface area (Å²) in [6.45, 7) is 1.25. The molecule has 1 fully saturated rings. The molecule has 1 heterocycles. The van der Waals surface area contributed by atoms with Gasteiger partial charge in [0.25, 0.3) is 5.91 Å². The average molecular weight is 281 g/mol. The van der Waals surface area contributed by atoms with E-state index in [1.165, 1.54) is 18.6 Å². The first kappa shape index (κ1) is 14.6. The zero-order valence-corrected chi connectivity index (χ0v) is 11.5. The summed E-state index contributed by atoms with van der Waals surface area (Å²) in [6.07, 6.45) is 4.25. The number of hydrogen-bond donors (Lipinski definition) is 2. The van der Waals surface area contributed by atoms with Gasteiger partial charge in [0.1, 0.15) is 0 Å². The maximum absolute atomic E-state index is 11.9. The highest BCUT2D eigenvalue weighted by Gasteiger charge is 2.36. The number of amides is 1. The molecule has 20 heavy (non-hydrogen) atoms. The van der Waals surface area contributed by atoms with Gasteiger partial charge in [0.05, 0.1) is 0 Å². The van der Waals surface area contributed by atoms with Crippen molar-refractivity contribution in [2.75, 3.05) is 20.3 Å². The Morgan fingerprint density at radius 2 is 2.10 bits per heavy atom. The van der Waals surface area contributed by atoms with E-state index < -0.39 is 5.97 Å². The number of hydrogen-bond acceptors (Lipinski definition) is 4. The van der Waals surface area contributed by atoms with Crippen LogP contribution < -0.4 is 5.32 Å². The van der Waals surface area contributed by atoms with Crippen LogP contribution in [0.2, 0.25) is 0 Å². The van der Waals surface area contributed by atoms with E-state index in [2.05, 4.69) is 5.32 Å². The number of carbonyl (C=O) groups is 2. The van der Waals surface area contributed by atoms with Crippen molar-refractivity contribution in [3.8, 4) is 0 Å². The third-order valence-corrected chi connectivity index (χ3v) is 3.92. The van der Waals surface area contributed by atoms with Crippen molar-refractivity contribution in [2.45, 2.75) is 25.7 Å². The molecule has 0 spiro atoms. The molecule has 1 aromatic rings. The van der Waals surface area contributed by atoms with Crippen LogP contribution in [0.3, 0.4) is 0 Å². The Morgan fingerprint density at radius 1 is 1.40 bits per heavy atom. The number of ether oxygens (including phenoxy) is 1. The highest BCUT2D eigenvalue weighted by atomic mass is 16.5. The van der Waals surface area contributed by atoms with Crippen LogP contribution in [0.5, 0.6) is 0 Å². The Kier molecular flexibility index (Phi) is 4.44. The Balaban J connectivity index is 1.89. The van der Waals surface area contributed by atoms with Gasteiger partial charge >= 0.3 is 5.97 Å². The Labute approximate surface area is 117 Å². The molecule has 1 amide bonds. The second-order valence-electron chi connectivity index (χ2n) is 5.25. The molecule has 1 aliphatic carbocycles. The van der Waals surface area contributed by atoms with E-state index >= 15 is 0 Å². The van der Waals surface area contributed by atoms with Crippen molar-refractivity contribution >= 4 is 11.9 Å². The van der Waals surface area contributed by atoms with Crippen molar-refractivity contribution in [3.63, 3.8) is 0 Å². The number of carbonyl (C=O) groups excluding carboxylic acids is 1. The molecule has 1 aromatic heterocycles. The van der Waals surface area contributed by atoms with E-state index in [4.69, 9.17) is 14.3 Å². The van der Waals surface area contributed by atoms with E-state index in [1.54, 1.807) is 7.11 Å². The van der Waals surface area contributed by atoms with Gasteiger partial charge in [0, 0.05) is 20.3 Å².